The van der Waals surface area contributed by atoms with Crippen LogP contribution in [0.4, 0.5) is 0 Å². The van der Waals surface area contributed by atoms with Gasteiger partial charge < -0.3 is 4.74 Å². The van der Waals surface area contributed by atoms with Gasteiger partial charge in [0, 0.05) is 12.3 Å². The monoisotopic (exact) mass is 326 g/mol. The molecule has 0 atom stereocenters. The zero-order valence-electron chi connectivity index (χ0n) is 12.9. The molecule has 0 saturated heterocycles. The first-order chi connectivity index (χ1) is 10.3. The highest BCUT2D eigenvalue weighted by Crippen LogP contribution is 2.40. The second-order valence-corrected chi connectivity index (χ2v) is 7.53. The number of hydrogen-bond acceptors (Lipinski definition) is 5. The minimum absolute atomic E-state index is 0.260. The van der Waals surface area contributed by atoms with Crippen LogP contribution in [0.2, 0.25) is 0 Å². The summed E-state index contributed by atoms with van der Waals surface area (Å²) in [5.74, 6) is -0.301. The number of rotatable bonds is 5. The lowest BCUT2D eigenvalue weighted by Gasteiger charge is -2.39. The van der Waals surface area contributed by atoms with Crippen LogP contribution in [0.1, 0.15) is 38.2 Å². The fourth-order valence-electron chi connectivity index (χ4n) is 3.04. The fraction of sp³-hybridized carbons (Fsp3) is 0.562. The van der Waals surface area contributed by atoms with Gasteiger partial charge in [0.15, 0.2) is 0 Å². The maximum atomic E-state index is 11.3. The number of carbonyl (C=O) groups is 1. The highest BCUT2D eigenvalue weighted by molar-refractivity contribution is 7.86. The standard InChI is InChI=1S/C16H22O5S/c1-13(17)20-12-16(14-6-4-3-5-7-14)10-8-15(9-11-16)21-22(2,18)19/h3-7,15H,8-12H2,1-2H3/t15-,16+. The van der Waals surface area contributed by atoms with Crippen LogP contribution in [0.5, 0.6) is 0 Å². The number of benzene rings is 1. The minimum atomic E-state index is -3.44. The van der Waals surface area contributed by atoms with Crippen molar-refractivity contribution < 1.29 is 22.1 Å². The Bertz CT molecular complexity index is 601. The minimum Gasteiger partial charge on any atom is -0.465 e. The van der Waals surface area contributed by atoms with Gasteiger partial charge in [-0.2, -0.15) is 8.42 Å². The van der Waals surface area contributed by atoms with E-state index >= 15 is 0 Å². The molecule has 0 amide bonds. The van der Waals surface area contributed by atoms with Gasteiger partial charge in [-0.05, 0) is 31.2 Å². The quantitative estimate of drug-likeness (QED) is 0.614. The van der Waals surface area contributed by atoms with Crippen molar-refractivity contribution in [3.8, 4) is 0 Å². The van der Waals surface area contributed by atoms with Gasteiger partial charge in [0.2, 0.25) is 0 Å². The Morgan fingerprint density at radius 3 is 2.32 bits per heavy atom. The zero-order chi connectivity index (χ0) is 16.2. The summed E-state index contributed by atoms with van der Waals surface area (Å²) < 4.78 is 32.9. The highest BCUT2D eigenvalue weighted by atomic mass is 32.2. The molecule has 0 aromatic heterocycles. The normalized spacial score (nSPS) is 25.6. The second kappa shape index (κ2) is 6.79. The first-order valence-corrected chi connectivity index (χ1v) is 9.20. The van der Waals surface area contributed by atoms with Gasteiger partial charge in [0.25, 0.3) is 10.1 Å². The van der Waals surface area contributed by atoms with Gasteiger partial charge in [-0.25, -0.2) is 0 Å². The molecule has 1 aliphatic carbocycles. The van der Waals surface area contributed by atoms with Crippen LogP contribution in [0.3, 0.4) is 0 Å². The van der Waals surface area contributed by atoms with Crippen molar-refractivity contribution in [3.63, 3.8) is 0 Å². The Morgan fingerprint density at radius 1 is 1.23 bits per heavy atom. The molecule has 0 N–H and O–H groups in total. The van der Waals surface area contributed by atoms with E-state index in [9.17, 15) is 13.2 Å². The van der Waals surface area contributed by atoms with E-state index in [1.54, 1.807) is 0 Å². The lowest BCUT2D eigenvalue weighted by molar-refractivity contribution is -0.143. The van der Waals surface area contributed by atoms with E-state index in [0.717, 1.165) is 24.7 Å². The Hall–Kier alpha value is -1.40. The Morgan fingerprint density at radius 2 is 1.82 bits per heavy atom. The average molecular weight is 326 g/mol. The van der Waals surface area contributed by atoms with E-state index in [0.29, 0.717) is 19.4 Å². The molecule has 2 rings (SSSR count). The van der Waals surface area contributed by atoms with Gasteiger partial charge in [-0.1, -0.05) is 30.3 Å². The van der Waals surface area contributed by atoms with Gasteiger partial charge in [-0.3, -0.25) is 8.98 Å². The summed E-state index contributed by atoms with van der Waals surface area (Å²) in [4.78, 5) is 11.2. The van der Waals surface area contributed by atoms with E-state index in [1.807, 2.05) is 30.3 Å². The van der Waals surface area contributed by atoms with Crippen molar-refractivity contribution in [2.24, 2.45) is 0 Å². The highest BCUT2D eigenvalue weighted by Gasteiger charge is 2.39. The van der Waals surface area contributed by atoms with Crippen LogP contribution in [-0.2, 0) is 29.2 Å². The van der Waals surface area contributed by atoms with E-state index in [4.69, 9.17) is 8.92 Å². The van der Waals surface area contributed by atoms with Crippen molar-refractivity contribution in [2.75, 3.05) is 12.9 Å². The predicted octanol–water partition coefficient (Wildman–Crippen LogP) is 2.41. The number of ether oxygens (including phenoxy) is 1. The summed E-state index contributed by atoms with van der Waals surface area (Å²) in [5.41, 5.74) is 0.860. The third-order valence-electron chi connectivity index (χ3n) is 4.14. The summed E-state index contributed by atoms with van der Waals surface area (Å²) >= 11 is 0. The number of carbonyl (C=O) groups excluding carboxylic acids is 1. The molecule has 0 unspecified atom stereocenters. The molecule has 5 nitrogen and oxygen atoms in total. The van der Waals surface area contributed by atoms with Gasteiger partial charge in [0.05, 0.1) is 12.4 Å². The molecule has 22 heavy (non-hydrogen) atoms. The molecule has 1 saturated carbocycles. The number of hydrogen-bond donors (Lipinski definition) is 0. The Labute approximate surface area is 131 Å². The van der Waals surface area contributed by atoms with Crippen molar-refractivity contribution in [1.29, 1.82) is 0 Å². The van der Waals surface area contributed by atoms with Crippen LogP contribution in [0, 0.1) is 0 Å². The fourth-order valence-corrected chi connectivity index (χ4v) is 3.72. The van der Waals surface area contributed by atoms with E-state index in [1.165, 1.54) is 6.92 Å². The van der Waals surface area contributed by atoms with Crippen LogP contribution < -0.4 is 0 Å². The summed E-state index contributed by atoms with van der Waals surface area (Å²) in [6.07, 6.45) is 3.50. The summed E-state index contributed by atoms with van der Waals surface area (Å²) in [7, 11) is -3.44. The third-order valence-corrected chi connectivity index (χ3v) is 4.76. The third kappa shape index (κ3) is 4.55. The SMILES string of the molecule is CC(=O)OC[C@]1(c2ccccc2)CC[C@@H](OS(C)(=O)=O)CC1. The van der Waals surface area contributed by atoms with Crippen molar-refractivity contribution in [1.82, 2.24) is 0 Å². The van der Waals surface area contributed by atoms with Crippen LogP contribution in [0.15, 0.2) is 30.3 Å². The topological polar surface area (TPSA) is 69.7 Å². The molecule has 6 heteroatoms. The van der Waals surface area contributed by atoms with E-state index in [2.05, 4.69) is 0 Å². The molecule has 1 aromatic carbocycles. The molecular weight excluding hydrogens is 304 g/mol. The molecule has 0 bridgehead atoms. The molecule has 0 aliphatic heterocycles. The molecule has 1 fully saturated rings. The number of esters is 1. The average Bonchev–Trinajstić information content (AvgIpc) is 2.46. The second-order valence-electron chi connectivity index (χ2n) is 5.93. The molecule has 122 valence electrons. The van der Waals surface area contributed by atoms with Crippen molar-refractivity contribution in [2.45, 2.75) is 44.1 Å². The predicted molar refractivity (Wildman–Crippen MR) is 82.9 cm³/mol. The van der Waals surface area contributed by atoms with E-state index < -0.39 is 10.1 Å². The Balaban J connectivity index is 2.13. The maximum Gasteiger partial charge on any atom is 0.302 e. The zero-order valence-corrected chi connectivity index (χ0v) is 13.8. The first-order valence-electron chi connectivity index (χ1n) is 7.38. The van der Waals surface area contributed by atoms with Crippen LogP contribution in [-0.4, -0.2) is 33.4 Å². The molecule has 0 heterocycles. The first kappa shape index (κ1) is 17.0. The maximum absolute atomic E-state index is 11.3. The summed E-state index contributed by atoms with van der Waals surface area (Å²) in [6.45, 7) is 1.72. The lowest BCUT2D eigenvalue weighted by atomic mass is 9.69. The van der Waals surface area contributed by atoms with E-state index in [-0.39, 0.29) is 17.5 Å². The smallest absolute Gasteiger partial charge is 0.302 e. The Kier molecular flexibility index (Phi) is 5.24. The molecule has 0 spiro atoms. The molecular formula is C16H22O5S. The van der Waals surface area contributed by atoms with Crippen molar-refractivity contribution >= 4 is 16.1 Å². The van der Waals surface area contributed by atoms with Crippen LogP contribution in [0.25, 0.3) is 0 Å². The van der Waals surface area contributed by atoms with Gasteiger partial charge in [0.1, 0.15) is 6.61 Å². The van der Waals surface area contributed by atoms with Crippen molar-refractivity contribution in [3.05, 3.63) is 35.9 Å². The summed E-state index contributed by atoms with van der Waals surface area (Å²) in [5, 5.41) is 0. The lowest BCUT2D eigenvalue weighted by Crippen LogP contribution is -2.39. The summed E-state index contributed by atoms with van der Waals surface area (Å²) in [6, 6.07) is 9.93. The molecule has 0 radical (unpaired) electrons. The van der Waals surface area contributed by atoms with Gasteiger partial charge >= 0.3 is 5.97 Å². The molecule has 1 aromatic rings. The largest absolute Gasteiger partial charge is 0.465 e. The van der Waals surface area contributed by atoms with Gasteiger partial charge in [-0.15, -0.1) is 0 Å². The van der Waals surface area contributed by atoms with Crippen LogP contribution >= 0.6 is 0 Å². The molecule has 1 aliphatic rings.